The first-order valence-electron chi connectivity index (χ1n) is 9.03. The van der Waals surface area contributed by atoms with Gasteiger partial charge in [-0.05, 0) is 37.1 Å². The van der Waals surface area contributed by atoms with Gasteiger partial charge < -0.3 is 5.32 Å². The first-order chi connectivity index (χ1) is 14.2. The topological polar surface area (TPSA) is 77.1 Å². The normalized spacial score (nSPS) is 11.8. The van der Waals surface area contributed by atoms with E-state index < -0.39 is 17.0 Å². The van der Waals surface area contributed by atoms with Gasteiger partial charge in [0.05, 0.1) is 18.4 Å². The number of carbonyl (C=O) groups excluding carboxylic acids is 1. The fourth-order valence-electron chi connectivity index (χ4n) is 3.12. The van der Waals surface area contributed by atoms with Crippen molar-refractivity contribution < 1.29 is 13.6 Å². The molecular weight excluding hydrogens is 414 g/mol. The monoisotopic (exact) mass is 430 g/mol. The van der Waals surface area contributed by atoms with Crippen molar-refractivity contribution in [2.75, 3.05) is 5.32 Å². The number of hydrogen-bond acceptors (Lipinski definition) is 4. The van der Waals surface area contributed by atoms with Gasteiger partial charge in [0.1, 0.15) is 5.69 Å². The van der Waals surface area contributed by atoms with E-state index in [0.717, 1.165) is 21.7 Å². The van der Waals surface area contributed by atoms with E-state index in [1.165, 1.54) is 12.3 Å². The third-order valence-corrected chi connectivity index (χ3v) is 4.59. The maximum absolute atomic E-state index is 13.7. The molecule has 0 saturated carbocycles. The summed E-state index contributed by atoms with van der Waals surface area (Å²) in [5.74, 6) is -0.572. The van der Waals surface area contributed by atoms with Gasteiger partial charge in [-0.15, -0.1) is 0 Å². The van der Waals surface area contributed by atoms with Gasteiger partial charge in [0.15, 0.2) is 11.3 Å². The second-order valence-electron chi connectivity index (χ2n) is 6.95. The molecule has 0 atom stereocenters. The molecule has 1 aromatic carbocycles. The van der Waals surface area contributed by atoms with Crippen LogP contribution < -0.4 is 5.32 Å². The van der Waals surface area contributed by atoms with Gasteiger partial charge in [0.25, 0.3) is 5.91 Å². The molecule has 7 nitrogen and oxygen atoms in total. The SMILES string of the molecule is Cc1cccc(Cn2cc(NC(=O)c3cc4nc(C)cc(C(F)(F)Cl)n4n3)cn2)c1. The first kappa shape index (κ1) is 20.0. The van der Waals surface area contributed by atoms with Gasteiger partial charge in [0.2, 0.25) is 0 Å². The van der Waals surface area contributed by atoms with Gasteiger partial charge >= 0.3 is 5.38 Å². The molecule has 0 radical (unpaired) electrons. The van der Waals surface area contributed by atoms with Crippen LogP contribution in [0.2, 0.25) is 0 Å². The number of aryl methyl sites for hydroxylation is 2. The standard InChI is InChI=1S/C20H17ClF2N6O/c1-12-4-3-5-14(6-12)10-28-11-15(9-24-28)26-19(30)16-8-18-25-13(2)7-17(20(21,22)23)29(18)27-16/h3-9,11H,10H2,1-2H3,(H,26,30). The van der Waals surface area contributed by atoms with Crippen LogP contribution in [0.5, 0.6) is 0 Å². The molecule has 1 amide bonds. The van der Waals surface area contributed by atoms with E-state index in [4.69, 9.17) is 11.6 Å². The molecule has 0 saturated heterocycles. The van der Waals surface area contributed by atoms with Gasteiger partial charge in [-0.1, -0.05) is 29.8 Å². The first-order valence-corrected chi connectivity index (χ1v) is 9.41. The van der Waals surface area contributed by atoms with E-state index in [-0.39, 0.29) is 11.3 Å². The van der Waals surface area contributed by atoms with Crippen LogP contribution in [0.1, 0.15) is 33.0 Å². The summed E-state index contributed by atoms with van der Waals surface area (Å²) in [5.41, 5.74) is 2.49. The third kappa shape index (κ3) is 4.16. The molecule has 0 spiro atoms. The smallest absolute Gasteiger partial charge is 0.318 e. The largest absolute Gasteiger partial charge is 0.364 e. The van der Waals surface area contributed by atoms with Crippen LogP contribution >= 0.6 is 11.6 Å². The number of rotatable bonds is 5. The van der Waals surface area contributed by atoms with Crippen molar-refractivity contribution in [1.82, 2.24) is 24.4 Å². The van der Waals surface area contributed by atoms with Crippen LogP contribution in [0.3, 0.4) is 0 Å². The third-order valence-electron chi connectivity index (χ3n) is 4.40. The Bertz CT molecular complexity index is 1240. The molecule has 30 heavy (non-hydrogen) atoms. The Morgan fingerprint density at radius 2 is 2.03 bits per heavy atom. The number of alkyl halides is 3. The summed E-state index contributed by atoms with van der Waals surface area (Å²) < 4.78 is 29.9. The molecule has 154 valence electrons. The number of carbonyl (C=O) groups is 1. The van der Waals surface area contributed by atoms with Gasteiger partial charge in [-0.25, -0.2) is 9.50 Å². The number of nitrogens with one attached hydrogen (secondary N) is 1. The summed E-state index contributed by atoms with van der Waals surface area (Å²) in [6.45, 7) is 4.11. The highest BCUT2D eigenvalue weighted by atomic mass is 35.5. The quantitative estimate of drug-likeness (QED) is 0.483. The second-order valence-corrected chi connectivity index (χ2v) is 7.42. The highest BCUT2D eigenvalue weighted by molar-refractivity contribution is 6.21. The lowest BCUT2D eigenvalue weighted by molar-refractivity contribution is 0.0868. The van der Waals surface area contributed by atoms with Crippen molar-refractivity contribution >= 4 is 28.8 Å². The van der Waals surface area contributed by atoms with Crippen molar-refractivity contribution in [3.05, 3.63) is 77.0 Å². The summed E-state index contributed by atoms with van der Waals surface area (Å²) in [7, 11) is 0. The molecule has 10 heteroatoms. The highest BCUT2D eigenvalue weighted by Gasteiger charge is 2.32. The number of anilines is 1. The molecule has 4 aromatic rings. The second kappa shape index (κ2) is 7.49. The van der Waals surface area contributed by atoms with Crippen LogP contribution in [0.25, 0.3) is 5.65 Å². The number of hydrogen-bond donors (Lipinski definition) is 1. The Morgan fingerprint density at radius 3 is 2.77 bits per heavy atom. The Balaban J connectivity index is 1.54. The van der Waals surface area contributed by atoms with Gasteiger partial charge in [-0.3, -0.25) is 9.48 Å². The maximum Gasteiger partial charge on any atom is 0.364 e. The molecule has 3 aromatic heterocycles. The minimum absolute atomic E-state index is 0.0679. The highest BCUT2D eigenvalue weighted by Crippen LogP contribution is 2.32. The minimum atomic E-state index is -3.65. The average Bonchev–Trinajstić information content (AvgIpc) is 3.27. The predicted octanol–water partition coefficient (Wildman–Crippen LogP) is 4.13. The van der Waals surface area contributed by atoms with Gasteiger partial charge in [-0.2, -0.15) is 19.0 Å². The summed E-state index contributed by atoms with van der Waals surface area (Å²) in [5, 5.41) is 7.20. The van der Waals surface area contributed by atoms with Gasteiger partial charge in [0, 0.05) is 18.0 Å². The van der Waals surface area contributed by atoms with Crippen LogP contribution in [0.15, 0.2) is 48.8 Å². The fourth-order valence-corrected chi connectivity index (χ4v) is 3.25. The number of aromatic nitrogens is 5. The molecule has 4 rings (SSSR count). The van der Waals surface area contributed by atoms with Crippen LogP contribution in [0, 0.1) is 13.8 Å². The molecule has 1 N–H and O–H groups in total. The lowest BCUT2D eigenvalue weighted by Crippen LogP contribution is -2.15. The lowest BCUT2D eigenvalue weighted by atomic mass is 10.1. The lowest BCUT2D eigenvalue weighted by Gasteiger charge is -2.10. The van der Waals surface area contributed by atoms with E-state index >= 15 is 0 Å². The van der Waals surface area contributed by atoms with Crippen LogP contribution in [-0.2, 0) is 11.9 Å². The number of fused-ring (bicyclic) bond motifs is 1. The van der Waals surface area contributed by atoms with E-state index in [0.29, 0.717) is 17.9 Å². The molecular formula is C20H17ClF2N6O. The van der Waals surface area contributed by atoms with Crippen molar-refractivity contribution in [2.24, 2.45) is 0 Å². The summed E-state index contributed by atoms with van der Waals surface area (Å²) in [6, 6.07) is 10.5. The molecule has 0 fully saturated rings. The molecule has 0 aliphatic rings. The van der Waals surface area contributed by atoms with E-state index in [2.05, 4.69) is 26.6 Å². The Morgan fingerprint density at radius 1 is 1.23 bits per heavy atom. The molecule has 0 bridgehead atoms. The summed E-state index contributed by atoms with van der Waals surface area (Å²) >= 11 is 5.17. The zero-order valence-electron chi connectivity index (χ0n) is 16.1. The fraction of sp³-hybridized carbons (Fsp3) is 0.200. The summed E-state index contributed by atoms with van der Waals surface area (Å²) in [4.78, 5) is 16.7. The number of nitrogens with zero attached hydrogens (tertiary/aromatic N) is 5. The van der Waals surface area contributed by atoms with Crippen molar-refractivity contribution in [3.8, 4) is 0 Å². The minimum Gasteiger partial charge on any atom is -0.318 e. The summed E-state index contributed by atoms with van der Waals surface area (Å²) in [6.07, 6.45) is 3.18. The molecule has 0 aliphatic carbocycles. The molecule has 3 heterocycles. The Kier molecular flexibility index (Phi) is 4.98. The maximum atomic E-state index is 13.7. The zero-order chi connectivity index (χ0) is 21.5. The van der Waals surface area contributed by atoms with Crippen molar-refractivity contribution in [1.29, 1.82) is 0 Å². The predicted molar refractivity (Wildman–Crippen MR) is 108 cm³/mol. The van der Waals surface area contributed by atoms with Crippen molar-refractivity contribution in [3.63, 3.8) is 0 Å². The van der Waals surface area contributed by atoms with E-state index in [1.807, 2.05) is 25.1 Å². The van der Waals surface area contributed by atoms with E-state index in [1.54, 1.807) is 17.8 Å². The Labute approximate surface area is 175 Å². The van der Waals surface area contributed by atoms with E-state index in [9.17, 15) is 13.6 Å². The number of benzene rings is 1. The molecule has 0 aliphatic heterocycles. The number of amides is 1. The average molecular weight is 431 g/mol. The van der Waals surface area contributed by atoms with Crippen LogP contribution in [-0.4, -0.2) is 30.3 Å². The molecule has 0 unspecified atom stereocenters. The van der Waals surface area contributed by atoms with Crippen LogP contribution in [0.4, 0.5) is 14.5 Å². The Hall–Kier alpha value is -3.33. The van der Waals surface area contributed by atoms with Crippen molar-refractivity contribution in [2.45, 2.75) is 25.8 Å². The number of halogens is 3. The zero-order valence-corrected chi connectivity index (χ0v) is 16.9.